The number of benzene rings is 1. The minimum Gasteiger partial charge on any atom is -0.474 e. The van der Waals surface area contributed by atoms with Gasteiger partial charge in [-0.15, -0.1) is 0 Å². The van der Waals surface area contributed by atoms with Crippen molar-refractivity contribution >= 4 is 34.3 Å². The Labute approximate surface area is 196 Å². The number of amides is 1. The number of carbonyl (C=O) groups excluding carboxylic acids is 1. The maximum absolute atomic E-state index is 13.1. The summed E-state index contributed by atoms with van der Waals surface area (Å²) in [6, 6.07) is 9.32. The molecule has 0 atom stereocenters. The zero-order chi connectivity index (χ0) is 23.5. The third-order valence-electron chi connectivity index (χ3n) is 6.01. The number of aromatic nitrogens is 2. The van der Waals surface area contributed by atoms with E-state index in [9.17, 15) is 9.59 Å². The summed E-state index contributed by atoms with van der Waals surface area (Å²) in [6.07, 6.45) is 3.14. The molecule has 0 radical (unpaired) electrons. The molecule has 2 aromatic heterocycles. The lowest BCUT2D eigenvalue weighted by molar-refractivity contribution is 0.102. The molecule has 0 spiro atoms. The van der Waals surface area contributed by atoms with Crippen molar-refractivity contribution in [2.24, 2.45) is 0 Å². The lowest BCUT2D eigenvalue weighted by Crippen LogP contribution is -2.43. The molecule has 176 valence electrons. The van der Waals surface area contributed by atoms with Gasteiger partial charge in [0.2, 0.25) is 5.88 Å². The minimum absolute atomic E-state index is 0.00462. The minimum atomic E-state index is -0.496. The molecule has 34 heavy (non-hydrogen) atoms. The standard InChI is InChI=1S/C24H27N7O3/c1-15-19(14-28-24-21(15)26-10-13-34-24)30-18-6-7-27-22(32)20(18)23(33)29-16-2-4-17(5-3-16)31-11-8-25-9-12-31/h2-7,14,25-26H,8-13H2,1H3,(H,29,33)(H2,27,30,32). The first-order chi connectivity index (χ1) is 16.6. The Kier molecular flexibility index (Phi) is 6.05. The van der Waals surface area contributed by atoms with Gasteiger partial charge in [0.05, 0.1) is 17.6 Å². The van der Waals surface area contributed by atoms with Gasteiger partial charge >= 0.3 is 0 Å². The van der Waals surface area contributed by atoms with Gasteiger partial charge in [-0.05, 0) is 37.3 Å². The fraction of sp³-hybridized carbons (Fsp3) is 0.292. The normalized spacial score (nSPS) is 15.0. The number of ether oxygens (including phenoxy) is 1. The molecule has 3 aromatic rings. The summed E-state index contributed by atoms with van der Waals surface area (Å²) in [5.41, 5.74) is 3.99. The maximum Gasteiger partial charge on any atom is 0.263 e. The number of anilines is 5. The van der Waals surface area contributed by atoms with E-state index < -0.39 is 11.5 Å². The predicted octanol–water partition coefficient (Wildman–Crippen LogP) is 2.29. The highest BCUT2D eigenvalue weighted by Crippen LogP contribution is 2.34. The van der Waals surface area contributed by atoms with Crippen LogP contribution in [0.2, 0.25) is 0 Å². The monoisotopic (exact) mass is 461 g/mol. The van der Waals surface area contributed by atoms with E-state index >= 15 is 0 Å². The number of carbonyl (C=O) groups is 1. The van der Waals surface area contributed by atoms with Crippen molar-refractivity contribution in [3.05, 3.63) is 64.2 Å². The van der Waals surface area contributed by atoms with E-state index in [1.54, 1.807) is 12.3 Å². The second-order valence-corrected chi connectivity index (χ2v) is 8.21. The molecule has 0 unspecified atom stereocenters. The van der Waals surface area contributed by atoms with Crippen LogP contribution in [0.4, 0.5) is 28.4 Å². The van der Waals surface area contributed by atoms with Gasteiger partial charge in [0.1, 0.15) is 17.9 Å². The Morgan fingerprint density at radius 3 is 2.68 bits per heavy atom. The third-order valence-corrected chi connectivity index (χ3v) is 6.01. The number of hydrogen-bond donors (Lipinski definition) is 5. The van der Waals surface area contributed by atoms with Crippen LogP contribution in [-0.4, -0.2) is 55.2 Å². The molecule has 5 rings (SSSR count). The maximum atomic E-state index is 13.1. The molecular formula is C24H27N7O3. The van der Waals surface area contributed by atoms with Crippen LogP contribution in [0, 0.1) is 6.92 Å². The van der Waals surface area contributed by atoms with Crippen LogP contribution in [0.1, 0.15) is 15.9 Å². The molecule has 1 amide bonds. The number of hydrogen-bond acceptors (Lipinski definition) is 8. The molecule has 1 aromatic carbocycles. The van der Waals surface area contributed by atoms with E-state index in [0.29, 0.717) is 36.1 Å². The van der Waals surface area contributed by atoms with Crippen molar-refractivity contribution in [2.75, 3.05) is 60.2 Å². The molecule has 1 saturated heterocycles. The molecule has 0 saturated carbocycles. The van der Waals surface area contributed by atoms with E-state index in [-0.39, 0.29) is 5.56 Å². The van der Waals surface area contributed by atoms with E-state index in [1.807, 2.05) is 31.2 Å². The third kappa shape index (κ3) is 4.40. The van der Waals surface area contributed by atoms with Crippen molar-refractivity contribution < 1.29 is 9.53 Å². The van der Waals surface area contributed by atoms with Crippen LogP contribution in [0.3, 0.4) is 0 Å². The smallest absolute Gasteiger partial charge is 0.263 e. The first-order valence-electron chi connectivity index (χ1n) is 11.3. The molecule has 10 nitrogen and oxygen atoms in total. The average Bonchev–Trinajstić information content (AvgIpc) is 2.87. The van der Waals surface area contributed by atoms with Crippen LogP contribution >= 0.6 is 0 Å². The molecule has 1 fully saturated rings. The van der Waals surface area contributed by atoms with E-state index in [0.717, 1.165) is 43.1 Å². The van der Waals surface area contributed by atoms with Crippen LogP contribution < -0.4 is 36.5 Å². The van der Waals surface area contributed by atoms with Gasteiger partial charge < -0.3 is 35.9 Å². The quantitative estimate of drug-likeness (QED) is 0.392. The predicted molar refractivity (Wildman–Crippen MR) is 133 cm³/mol. The van der Waals surface area contributed by atoms with Crippen LogP contribution in [-0.2, 0) is 0 Å². The summed E-state index contributed by atoms with van der Waals surface area (Å²) < 4.78 is 5.58. The number of nitrogens with one attached hydrogen (secondary N) is 5. The van der Waals surface area contributed by atoms with Crippen molar-refractivity contribution in [1.29, 1.82) is 0 Å². The molecule has 2 aliphatic heterocycles. The van der Waals surface area contributed by atoms with Gasteiger partial charge in [0, 0.05) is 55.9 Å². The fourth-order valence-electron chi connectivity index (χ4n) is 4.17. The van der Waals surface area contributed by atoms with Gasteiger partial charge in [-0.1, -0.05) is 0 Å². The number of aromatic amines is 1. The fourth-order valence-corrected chi connectivity index (χ4v) is 4.17. The number of rotatable bonds is 5. The highest BCUT2D eigenvalue weighted by atomic mass is 16.5. The van der Waals surface area contributed by atoms with Gasteiger partial charge in [0.25, 0.3) is 11.5 Å². The Bertz CT molecular complexity index is 1250. The zero-order valence-corrected chi connectivity index (χ0v) is 18.9. The SMILES string of the molecule is Cc1c(Nc2cc[nH]c(=O)c2C(=O)Nc2ccc(N3CCNCC3)cc2)cnc2c1NCCO2. The number of pyridine rings is 2. The number of piperazine rings is 1. The first kappa shape index (κ1) is 21.8. The van der Waals surface area contributed by atoms with Gasteiger partial charge in [-0.3, -0.25) is 9.59 Å². The second kappa shape index (κ2) is 9.44. The number of nitrogens with zero attached hydrogens (tertiary/aromatic N) is 2. The molecule has 5 N–H and O–H groups in total. The topological polar surface area (TPSA) is 123 Å². The highest BCUT2D eigenvalue weighted by molar-refractivity contribution is 6.08. The molecule has 10 heteroatoms. The molecule has 0 bridgehead atoms. The van der Waals surface area contributed by atoms with Crippen molar-refractivity contribution in [3.8, 4) is 5.88 Å². The van der Waals surface area contributed by atoms with Crippen molar-refractivity contribution in [3.63, 3.8) is 0 Å². The Balaban J connectivity index is 1.36. The van der Waals surface area contributed by atoms with Crippen LogP contribution in [0.25, 0.3) is 0 Å². The summed E-state index contributed by atoms with van der Waals surface area (Å²) in [6.45, 7) is 6.96. The van der Waals surface area contributed by atoms with Crippen molar-refractivity contribution in [2.45, 2.75) is 6.92 Å². The summed E-state index contributed by atoms with van der Waals surface area (Å²) in [5.74, 6) is 0.0479. The van der Waals surface area contributed by atoms with Gasteiger partial charge in [-0.25, -0.2) is 4.98 Å². The van der Waals surface area contributed by atoms with Crippen molar-refractivity contribution in [1.82, 2.24) is 15.3 Å². The lowest BCUT2D eigenvalue weighted by atomic mass is 10.1. The first-order valence-corrected chi connectivity index (χ1v) is 11.3. The van der Waals surface area contributed by atoms with Crippen LogP contribution in [0.15, 0.2) is 47.5 Å². The summed E-state index contributed by atoms with van der Waals surface area (Å²) in [7, 11) is 0. The largest absolute Gasteiger partial charge is 0.474 e. The lowest BCUT2D eigenvalue weighted by Gasteiger charge is -2.29. The van der Waals surface area contributed by atoms with Gasteiger partial charge in [0.15, 0.2) is 0 Å². The van der Waals surface area contributed by atoms with E-state index in [2.05, 4.69) is 36.1 Å². The Morgan fingerprint density at radius 2 is 1.88 bits per heavy atom. The molecule has 0 aliphatic carbocycles. The highest BCUT2D eigenvalue weighted by Gasteiger charge is 2.20. The molecular weight excluding hydrogens is 434 g/mol. The van der Waals surface area contributed by atoms with Gasteiger partial charge in [-0.2, -0.15) is 0 Å². The van der Waals surface area contributed by atoms with E-state index in [4.69, 9.17) is 4.74 Å². The number of fused-ring (bicyclic) bond motifs is 1. The Hall–Kier alpha value is -4.05. The number of H-pyrrole nitrogens is 1. The summed E-state index contributed by atoms with van der Waals surface area (Å²) in [4.78, 5) is 35.0. The van der Waals surface area contributed by atoms with Crippen LogP contribution in [0.5, 0.6) is 5.88 Å². The summed E-state index contributed by atoms with van der Waals surface area (Å²) >= 11 is 0. The molecule has 4 heterocycles. The average molecular weight is 462 g/mol. The second-order valence-electron chi connectivity index (χ2n) is 8.21. The van der Waals surface area contributed by atoms with E-state index in [1.165, 1.54) is 6.20 Å². The Morgan fingerprint density at radius 1 is 1.09 bits per heavy atom. The molecule has 2 aliphatic rings. The zero-order valence-electron chi connectivity index (χ0n) is 18.9. The summed E-state index contributed by atoms with van der Waals surface area (Å²) in [5, 5.41) is 12.7.